The first kappa shape index (κ1) is 12.5. The molecular weight excluding hydrogens is 209 g/mol. The summed E-state index contributed by atoms with van der Waals surface area (Å²) in [5.41, 5.74) is 0.819. The molecule has 0 aliphatic rings. The first-order valence-corrected chi connectivity index (χ1v) is 5.21. The number of halogens is 1. The number of rotatable bonds is 4. The van der Waals surface area contributed by atoms with Crippen molar-refractivity contribution in [2.75, 3.05) is 7.11 Å². The summed E-state index contributed by atoms with van der Waals surface area (Å²) in [4.78, 5) is 11.2. The Balaban J connectivity index is 2.83. The van der Waals surface area contributed by atoms with Gasteiger partial charge in [-0.05, 0) is 24.6 Å². The first-order valence-electron chi connectivity index (χ1n) is 5.21. The second kappa shape index (κ2) is 5.49. The molecule has 0 heterocycles. The number of methoxy groups -OCH3 is 1. The minimum absolute atomic E-state index is 0.0317. The number of benzene rings is 1. The second-order valence-corrected chi connectivity index (χ2v) is 3.54. The molecule has 3 nitrogen and oxygen atoms in total. The lowest BCUT2D eigenvalue weighted by atomic mass is 10.1. The Kier molecular flexibility index (Phi) is 4.28. The normalized spacial score (nSPS) is 12.0. The third kappa shape index (κ3) is 2.95. The van der Waals surface area contributed by atoms with Crippen molar-refractivity contribution in [2.45, 2.75) is 26.3 Å². The second-order valence-electron chi connectivity index (χ2n) is 3.54. The maximum atomic E-state index is 13.1. The van der Waals surface area contributed by atoms with Gasteiger partial charge in [0.1, 0.15) is 0 Å². The van der Waals surface area contributed by atoms with E-state index in [2.05, 4.69) is 5.32 Å². The SMILES string of the molecule is CCC(=O)NC(C)c1ccc(F)c(OC)c1. The zero-order valence-corrected chi connectivity index (χ0v) is 9.71. The monoisotopic (exact) mass is 225 g/mol. The minimum atomic E-state index is -0.403. The van der Waals surface area contributed by atoms with Crippen LogP contribution in [0.25, 0.3) is 0 Å². The number of hydrogen-bond acceptors (Lipinski definition) is 2. The van der Waals surface area contributed by atoms with Crippen LogP contribution in [-0.4, -0.2) is 13.0 Å². The zero-order chi connectivity index (χ0) is 12.1. The molecule has 4 heteroatoms. The molecule has 1 rings (SSSR count). The summed E-state index contributed by atoms with van der Waals surface area (Å²) in [6.45, 7) is 3.63. The van der Waals surface area contributed by atoms with E-state index in [1.165, 1.54) is 13.2 Å². The van der Waals surface area contributed by atoms with Gasteiger partial charge in [0.25, 0.3) is 0 Å². The molecule has 0 radical (unpaired) electrons. The molecule has 1 aromatic rings. The third-order valence-electron chi connectivity index (χ3n) is 2.37. The molecule has 0 saturated carbocycles. The average molecular weight is 225 g/mol. The third-order valence-corrected chi connectivity index (χ3v) is 2.37. The standard InChI is InChI=1S/C12H16FNO2/c1-4-12(15)14-8(2)9-5-6-10(13)11(7-9)16-3/h5-8H,4H2,1-3H3,(H,14,15). The number of hydrogen-bond donors (Lipinski definition) is 1. The highest BCUT2D eigenvalue weighted by molar-refractivity contribution is 5.76. The molecule has 1 N–H and O–H groups in total. The smallest absolute Gasteiger partial charge is 0.220 e. The van der Waals surface area contributed by atoms with Crippen LogP contribution in [0.4, 0.5) is 4.39 Å². The van der Waals surface area contributed by atoms with E-state index in [-0.39, 0.29) is 17.7 Å². The number of nitrogens with one attached hydrogen (secondary N) is 1. The van der Waals surface area contributed by atoms with Gasteiger partial charge in [0.15, 0.2) is 11.6 Å². The van der Waals surface area contributed by atoms with Gasteiger partial charge in [-0.25, -0.2) is 4.39 Å². The van der Waals surface area contributed by atoms with Gasteiger partial charge in [0.05, 0.1) is 13.2 Å². The fourth-order valence-electron chi connectivity index (χ4n) is 1.37. The number of carbonyl (C=O) groups excluding carboxylic acids is 1. The summed E-state index contributed by atoms with van der Waals surface area (Å²) < 4.78 is 18.0. The Morgan fingerprint density at radius 1 is 1.56 bits per heavy atom. The van der Waals surface area contributed by atoms with Crippen molar-refractivity contribution < 1.29 is 13.9 Å². The van der Waals surface area contributed by atoms with E-state index in [1.54, 1.807) is 19.1 Å². The highest BCUT2D eigenvalue weighted by Crippen LogP contribution is 2.22. The Morgan fingerprint density at radius 3 is 2.81 bits per heavy atom. The van der Waals surface area contributed by atoms with Gasteiger partial charge in [-0.15, -0.1) is 0 Å². The molecule has 1 aromatic carbocycles. The molecule has 1 unspecified atom stereocenters. The molecule has 0 aromatic heterocycles. The molecule has 0 saturated heterocycles. The maximum absolute atomic E-state index is 13.1. The van der Waals surface area contributed by atoms with Gasteiger partial charge in [0, 0.05) is 6.42 Å². The zero-order valence-electron chi connectivity index (χ0n) is 9.71. The topological polar surface area (TPSA) is 38.3 Å². The summed E-state index contributed by atoms with van der Waals surface area (Å²) in [5, 5.41) is 2.80. The summed E-state index contributed by atoms with van der Waals surface area (Å²) in [5.74, 6) is -0.244. The van der Waals surface area contributed by atoms with Gasteiger partial charge in [-0.3, -0.25) is 4.79 Å². The van der Waals surface area contributed by atoms with Crippen molar-refractivity contribution >= 4 is 5.91 Å². The van der Waals surface area contributed by atoms with Crippen molar-refractivity contribution in [1.82, 2.24) is 5.32 Å². The summed E-state index contributed by atoms with van der Waals surface area (Å²) in [6, 6.07) is 4.42. The average Bonchev–Trinajstić information content (AvgIpc) is 2.29. The number of carbonyl (C=O) groups is 1. The number of amides is 1. The molecule has 0 aliphatic heterocycles. The van der Waals surface area contributed by atoms with Crippen LogP contribution in [0.5, 0.6) is 5.75 Å². The molecular formula is C12H16FNO2. The molecule has 0 fully saturated rings. The summed E-state index contributed by atoms with van der Waals surface area (Å²) in [6.07, 6.45) is 0.433. The largest absolute Gasteiger partial charge is 0.494 e. The van der Waals surface area contributed by atoms with E-state index >= 15 is 0 Å². The van der Waals surface area contributed by atoms with E-state index in [0.717, 1.165) is 5.56 Å². The van der Waals surface area contributed by atoms with Crippen LogP contribution < -0.4 is 10.1 Å². The lowest BCUT2D eigenvalue weighted by Gasteiger charge is -2.14. The minimum Gasteiger partial charge on any atom is -0.494 e. The van der Waals surface area contributed by atoms with Crippen molar-refractivity contribution in [3.05, 3.63) is 29.6 Å². The van der Waals surface area contributed by atoms with E-state index in [1.807, 2.05) is 6.92 Å². The van der Waals surface area contributed by atoms with Gasteiger partial charge < -0.3 is 10.1 Å². The van der Waals surface area contributed by atoms with Crippen LogP contribution in [0, 0.1) is 5.82 Å². The molecule has 0 spiro atoms. The van der Waals surface area contributed by atoms with E-state index < -0.39 is 5.82 Å². The van der Waals surface area contributed by atoms with Crippen LogP contribution in [0.1, 0.15) is 31.9 Å². The molecule has 16 heavy (non-hydrogen) atoms. The fraction of sp³-hybridized carbons (Fsp3) is 0.417. The Hall–Kier alpha value is -1.58. The maximum Gasteiger partial charge on any atom is 0.220 e. The van der Waals surface area contributed by atoms with Crippen LogP contribution in [0.2, 0.25) is 0 Å². The Labute approximate surface area is 94.6 Å². The van der Waals surface area contributed by atoms with Crippen LogP contribution in [0.3, 0.4) is 0 Å². The van der Waals surface area contributed by atoms with Crippen LogP contribution in [0.15, 0.2) is 18.2 Å². The molecule has 1 atom stereocenters. The van der Waals surface area contributed by atoms with Crippen molar-refractivity contribution in [3.63, 3.8) is 0 Å². The number of ether oxygens (including phenoxy) is 1. The summed E-state index contributed by atoms with van der Waals surface area (Å²) in [7, 11) is 1.41. The van der Waals surface area contributed by atoms with E-state index in [4.69, 9.17) is 4.74 Å². The first-order chi connectivity index (χ1) is 7.58. The quantitative estimate of drug-likeness (QED) is 0.854. The predicted molar refractivity (Wildman–Crippen MR) is 59.8 cm³/mol. The lowest BCUT2D eigenvalue weighted by molar-refractivity contribution is -0.121. The van der Waals surface area contributed by atoms with Gasteiger partial charge >= 0.3 is 0 Å². The molecule has 1 amide bonds. The molecule has 0 aliphatic carbocycles. The molecule has 0 bridgehead atoms. The highest BCUT2D eigenvalue weighted by Gasteiger charge is 2.11. The van der Waals surface area contributed by atoms with Gasteiger partial charge in [-0.2, -0.15) is 0 Å². The summed E-state index contributed by atoms with van der Waals surface area (Å²) >= 11 is 0. The predicted octanol–water partition coefficient (Wildman–Crippen LogP) is 2.42. The van der Waals surface area contributed by atoms with Crippen LogP contribution in [-0.2, 0) is 4.79 Å². The van der Waals surface area contributed by atoms with Crippen molar-refractivity contribution in [1.29, 1.82) is 0 Å². The van der Waals surface area contributed by atoms with Gasteiger partial charge in [-0.1, -0.05) is 13.0 Å². The fourth-order valence-corrected chi connectivity index (χ4v) is 1.37. The lowest BCUT2D eigenvalue weighted by Crippen LogP contribution is -2.25. The van der Waals surface area contributed by atoms with Crippen molar-refractivity contribution in [3.8, 4) is 5.75 Å². The van der Waals surface area contributed by atoms with Crippen LogP contribution >= 0.6 is 0 Å². The van der Waals surface area contributed by atoms with E-state index in [9.17, 15) is 9.18 Å². The molecule has 88 valence electrons. The Bertz CT molecular complexity index is 379. The highest BCUT2D eigenvalue weighted by atomic mass is 19.1. The van der Waals surface area contributed by atoms with Gasteiger partial charge in [0.2, 0.25) is 5.91 Å². The van der Waals surface area contributed by atoms with Crippen molar-refractivity contribution in [2.24, 2.45) is 0 Å². The Morgan fingerprint density at radius 2 is 2.25 bits per heavy atom. The van der Waals surface area contributed by atoms with E-state index in [0.29, 0.717) is 6.42 Å².